The van der Waals surface area contributed by atoms with Crippen LogP contribution >= 0.6 is 0 Å². The number of carbonyl (C=O) groups excluding carboxylic acids is 1. The molecule has 0 radical (unpaired) electrons. The van der Waals surface area contributed by atoms with Crippen molar-refractivity contribution < 1.29 is 9.53 Å². The van der Waals surface area contributed by atoms with E-state index in [9.17, 15) is 4.79 Å². The van der Waals surface area contributed by atoms with Gasteiger partial charge in [0.1, 0.15) is 5.60 Å². The summed E-state index contributed by atoms with van der Waals surface area (Å²) in [5, 5.41) is 0. The molecule has 0 saturated carbocycles. The molecule has 3 heterocycles. The standard InChI is InChI=1S/C22H29N3O2/c1-22(2,3)27-21(26)24-12-10-16(11-13-24)8-9-19-17-6-4-5-7-18(17)20-14-23-15-25(19)20/h4-7,14-16,19H,8-13H2,1-3H3. The van der Waals surface area contributed by atoms with Gasteiger partial charge in [0.2, 0.25) is 0 Å². The Balaban J connectivity index is 1.33. The molecule has 4 rings (SSSR count). The van der Waals surface area contributed by atoms with Crippen molar-refractivity contribution in [3.8, 4) is 11.3 Å². The molecule has 1 aromatic carbocycles. The lowest BCUT2D eigenvalue weighted by Gasteiger charge is -2.33. The average Bonchev–Trinajstić information content (AvgIpc) is 3.20. The first-order valence-electron chi connectivity index (χ1n) is 10.0. The van der Waals surface area contributed by atoms with Gasteiger partial charge in [-0.2, -0.15) is 0 Å². The Labute approximate surface area is 161 Å². The predicted molar refractivity (Wildman–Crippen MR) is 106 cm³/mol. The van der Waals surface area contributed by atoms with Gasteiger partial charge in [-0.1, -0.05) is 24.3 Å². The third-order valence-corrected chi connectivity index (χ3v) is 5.71. The van der Waals surface area contributed by atoms with Crippen LogP contribution in [0.5, 0.6) is 0 Å². The second-order valence-electron chi connectivity index (χ2n) is 8.78. The first-order valence-corrected chi connectivity index (χ1v) is 10.0. The molecule has 5 heteroatoms. The summed E-state index contributed by atoms with van der Waals surface area (Å²) in [6, 6.07) is 9.07. The van der Waals surface area contributed by atoms with Crippen LogP contribution in [0.4, 0.5) is 4.79 Å². The van der Waals surface area contributed by atoms with E-state index in [0.29, 0.717) is 12.0 Å². The Morgan fingerprint density at radius 1 is 1.19 bits per heavy atom. The highest BCUT2D eigenvalue weighted by Crippen LogP contribution is 2.42. The number of nitrogens with zero attached hydrogens (tertiary/aromatic N) is 3. The quantitative estimate of drug-likeness (QED) is 0.777. The minimum absolute atomic E-state index is 0.172. The first kappa shape index (κ1) is 18.1. The lowest BCUT2D eigenvalue weighted by Crippen LogP contribution is -2.41. The van der Waals surface area contributed by atoms with Crippen LogP contribution in [0.25, 0.3) is 11.3 Å². The van der Waals surface area contributed by atoms with Gasteiger partial charge in [-0.05, 0) is 57.9 Å². The Kier molecular flexibility index (Phi) is 4.70. The average molecular weight is 367 g/mol. The van der Waals surface area contributed by atoms with Crippen molar-refractivity contribution in [2.45, 2.75) is 58.1 Å². The number of ether oxygens (including phenoxy) is 1. The fourth-order valence-corrected chi connectivity index (χ4v) is 4.35. The molecule has 1 atom stereocenters. The van der Waals surface area contributed by atoms with Crippen molar-refractivity contribution in [1.29, 1.82) is 0 Å². The van der Waals surface area contributed by atoms with Crippen molar-refractivity contribution in [2.75, 3.05) is 13.1 Å². The number of aromatic nitrogens is 2. The summed E-state index contributed by atoms with van der Waals surface area (Å²) < 4.78 is 7.82. The van der Waals surface area contributed by atoms with E-state index in [2.05, 4.69) is 33.8 Å². The fourth-order valence-electron chi connectivity index (χ4n) is 4.35. The van der Waals surface area contributed by atoms with E-state index in [1.807, 2.05) is 38.2 Å². The molecule has 144 valence electrons. The fraction of sp³-hybridized carbons (Fsp3) is 0.545. The molecule has 27 heavy (non-hydrogen) atoms. The van der Waals surface area contributed by atoms with Gasteiger partial charge in [0, 0.05) is 18.7 Å². The number of imidazole rings is 1. The predicted octanol–water partition coefficient (Wildman–Crippen LogP) is 4.88. The number of piperidine rings is 1. The van der Waals surface area contributed by atoms with Gasteiger partial charge in [-0.25, -0.2) is 9.78 Å². The van der Waals surface area contributed by atoms with Crippen LogP contribution in [0.3, 0.4) is 0 Å². The van der Waals surface area contributed by atoms with E-state index >= 15 is 0 Å². The molecule has 1 fully saturated rings. The lowest BCUT2D eigenvalue weighted by atomic mass is 9.89. The largest absolute Gasteiger partial charge is 0.444 e. The van der Waals surface area contributed by atoms with Crippen LogP contribution < -0.4 is 0 Å². The van der Waals surface area contributed by atoms with Gasteiger partial charge < -0.3 is 14.2 Å². The van der Waals surface area contributed by atoms with Gasteiger partial charge >= 0.3 is 6.09 Å². The molecule has 5 nitrogen and oxygen atoms in total. The van der Waals surface area contributed by atoms with Gasteiger partial charge in [-0.3, -0.25) is 0 Å². The highest BCUT2D eigenvalue weighted by atomic mass is 16.6. The van der Waals surface area contributed by atoms with Crippen molar-refractivity contribution in [3.63, 3.8) is 0 Å². The molecular formula is C22H29N3O2. The van der Waals surface area contributed by atoms with Crippen LogP contribution in [0.15, 0.2) is 36.8 Å². The molecule has 2 aliphatic heterocycles. The van der Waals surface area contributed by atoms with Crippen molar-refractivity contribution in [1.82, 2.24) is 14.5 Å². The minimum Gasteiger partial charge on any atom is -0.444 e. The summed E-state index contributed by atoms with van der Waals surface area (Å²) >= 11 is 0. The van der Waals surface area contributed by atoms with Crippen molar-refractivity contribution in [2.24, 2.45) is 5.92 Å². The second kappa shape index (κ2) is 7.02. The van der Waals surface area contributed by atoms with Crippen LogP contribution in [-0.2, 0) is 4.74 Å². The Hall–Kier alpha value is -2.30. The maximum Gasteiger partial charge on any atom is 0.410 e. The first-order chi connectivity index (χ1) is 12.9. The smallest absolute Gasteiger partial charge is 0.410 e. The molecule has 0 aliphatic carbocycles. The van der Waals surface area contributed by atoms with E-state index in [0.717, 1.165) is 32.4 Å². The van der Waals surface area contributed by atoms with Crippen LogP contribution in [-0.4, -0.2) is 39.2 Å². The van der Waals surface area contributed by atoms with Gasteiger partial charge in [0.25, 0.3) is 0 Å². The molecule has 0 bridgehead atoms. The van der Waals surface area contributed by atoms with E-state index < -0.39 is 5.60 Å². The zero-order valence-corrected chi connectivity index (χ0v) is 16.5. The van der Waals surface area contributed by atoms with E-state index in [4.69, 9.17) is 4.74 Å². The normalized spacial score (nSPS) is 19.7. The summed E-state index contributed by atoms with van der Waals surface area (Å²) in [4.78, 5) is 18.4. The van der Waals surface area contributed by atoms with Gasteiger partial charge in [-0.15, -0.1) is 0 Å². The summed E-state index contributed by atoms with van der Waals surface area (Å²) in [7, 11) is 0. The number of amides is 1. The van der Waals surface area contributed by atoms with Crippen LogP contribution in [0.2, 0.25) is 0 Å². The molecule has 1 aromatic heterocycles. The number of hydrogen-bond acceptors (Lipinski definition) is 3. The third-order valence-electron chi connectivity index (χ3n) is 5.71. The highest BCUT2D eigenvalue weighted by Gasteiger charge is 2.30. The Morgan fingerprint density at radius 2 is 1.93 bits per heavy atom. The van der Waals surface area contributed by atoms with Crippen LogP contribution in [0.1, 0.15) is 58.1 Å². The maximum atomic E-state index is 12.2. The lowest BCUT2D eigenvalue weighted by molar-refractivity contribution is 0.0180. The van der Waals surface area contributed by atoms with E-state index in [-0.39, 0.29) is 6.09 Å². The summed E-state index contributed by atoms with van der Waals surface area (Å²) in [5.74, 6) is 0.670. The number of fused-ring (bicyclic) bond motifs is 3. The molecule has 1 unspecified atom stereocenters. The summed E-state index contributed by atoms with van der Waals surface area (Å²) in [6.07, 6.45) is 8.18. The van der Waals surface area contributed by atoms with Crippen molar-refractivity contribution in [3.05, 3.63) is 42.4 Å². The zero-order chi connectivity index (χ0) is 19.0. The zero-order valence-electron chi connectivity index (χ0n) is 16.5. The van der Waals surface area contributed by atoms with Crippen LogP contribution in [0, 0.1) is 5.92 Å². The molecule has 2 aliphatic rings. The number of likely N-dealkylation sites (tertiary alicyclic amines) is 1. The molecule has 2 aromatic rings. The number of hydrogen-bond donors (Lipinski definition) is 0. The third kappa shape index (κ3) is 3.73. The Morgan fingerprint density at radius 3 is 2.67 bits per heavy atom. The minimum atomic E-state index is -0.424. The summed E-state index contributed by atoms with van der Waals surface area (Å²) in [6.45, 7) is 7.36. The number of benzene rings is 1. The van der Waals surface area contributed by atoms with Gasteiger partial charge in [0.05, 0.1) is 24.3 Å². The summed E-state index contributed by atoms with van der Waals surface area (Å²) in [5.41, 5.74) is 3.54. The molecule has 0 spiro atoms. The monoisotopic (exact) mass is 367 g/mol. The Bertz CT molecular complexity index is 813. The van der Waals surface area contributed by atoms with Crippen molar-refractivity contribution >= 4 is 6.09 Å². The van der Waals surface area contributed by atoms with Gasteiger partial charge in [0.15, 0.2) is 0 Å². The second-order valence-corrected chi connectivity index (χ2v) is 8.78. The molecule has 0 N–H and O–H groups in total. The highest BCUT2D eigenvalue weighted by molar-refractivity contribution is 5.69. The molecule has 1 saturated heterocycles. The molecular weight excluding hydrogens is 338 g/mol. The van der Waals surface area contributed by atoms with E-state index in [1.54, 1.807) is 0 Å². The molecule has 1 amide bonds. The topological polar surface area (TPSA) is 47.4 Å². The van der Waals surface area contributed by atoms with E-state index in [1.165, 1.54) is 23.2 Å². The number of rotatable bonds is 3. The SMILES string of the molecule is CC(C)(C)OC(=O)N1CCC(CCC2c3ccccc3-c3cncn32)CC1. The number of carbonyl (C=O) groups is 1. The maximum absolute atomic E-state index is 12.2.